The van der Waals surface area contributed by atoms with Gasteiger partial charge in [-0.15, -0.1) is 6.58 Å². The van der Waals surface area contributed by atoms with E-state index in [1.54, 1.807) is 12.3 Å². The first-order valence-corrected chi connectivity index (χ1v) is 8.35. The average molecular weight is 331 g/mol. The number of benzene rings is 1. The molecule has 120 valence electrons. The fourth-order valence-corrected chi connectivity index (χ4v) is 2.83. The Bertz CT molecular complexity index is 815. The van der Waals surface area contributed by atoms with Crippen LogP contribution in [-0.2, 0) is 10.0 Å². The van der Waals surface area contributed by atoms with Gasteiger partial charge in [-0.05, 0) is 36.8 Å². The molecule has 0 saturated carbocycles. The molecule has 1 aromatic heterocycles. The Morgan fingerprint density at radius 2 is 2.09 bits per heavy atom. The number of anilines is 1. The number of carbonyl (C=O) groups is 1. The van der Waals surface area contributed by atoms with E-state index in [1.807, 2.05) is 13.0 Å². The highest BCUT2D eigenvalue weighted by atomic mass is 32.2. The number of hydrogen-bond donors (Lipinski definition) is 2. The molecule has 7 heteroatoms. The van der Waals surface area contributed by atoms with Crippen molar-refractivity contribution in [1.82, 2.24) is 9.71 Å². The molecule has 0 spiro atoms. The monoisotopic (exact) mass is 331 g/mol. The molecule has 0 saturated heterocycles. The first-order chi connectivity index (χ1) is 10.9. The summed E-state index contributed by atoms with van der Waals surface area (Å²) >= 11 is 0. The number of sulfonamides is 1. The van der Waals surface area contributed by atoms with Gasteiger partial charge in [-0.1, -0.05) is 18.2 Å². The number of aryl methyl sites for hydroxylation is 1. The molecule has 2 aromatic rings. The van der Waals surface area contributed by atoms with Crippen LogP contribution in [0.5, 0.6) is 0 Å². The number of hydrogen-bond acceptors (Lipinski definition) is 4. The molecule has 0 bridgehead atoms. The van der Waals surface area contributed by atoms with Crippen LogP contribution in [0.3, 0.4) is 0 Å². The third-order valence-electron chi connectivity index (χ3n) is 2.98. The van der Waals surface area contributed by atoms with E-state index in [0.29, 0.717) is 5.82 Å². The third kappa shape index (κ3) is 4.48. The average Bonchev–Trinajstić information content (AvgIpc) is 2.55. The Morgan fingerprint density at radius 1 is 1.30 bits per heavy atom. The Morgan fingerprint density at radius 3 is 2.74 bits per heavy atom. The lowest BCUT2D eigenvalue weighted by atomic mass is 10.2. The Hall–Kier alpha value is -2.51. The van der Waals surface area contributed by atoms with Gasteiger partial charge >= 0.3 is 0 Å². The first-order valence-electron chi connectivity index (χ1n) is 6.87. The van der Waals surface area contributed by atoms with Gasteiger partial charge in [0.15, 0.2) is 0 Å². The van der Waals surface area contributed by atoms with Gasteiger partial charge < -0.3 is 5.32 Å². The minimum atomic E-state index is -3.67. The fourth-order valence-electron chi connectivity index (χ4n) is 1.79. The molecule has 0 aliphatic heterocycles. The second-order valence-corrected chi connectivity index (χ2v) is 6.61. The molecule has 0 fully saturated rings. The lowest BCUT2D eigenvalue weighted by Gasteiger charge is -2.08. The van der Waals surface area contributed by atoms with Crippen molar-refractivity contribution in [3.05, 3.63) is 66.4 Å². The smallest absolute Gasteiger partial charge is 0.256 e. The van der Waals surface area contributed by atoms with E-state index in [1.165, 1.54) is 30.3 Å². The SMILES string of the molecule is C=CCNS(=O)(=O)c1cccc(C(=O)Nc2ccc(C)cn2)c1. The van der Waals surface area contributed by atoms with Gasteiger partial charge in [0.05, 0.1) is 4.90 Å². The molecule has 0 unspecified atom stereocenters. The van der Waals surface area contributed by atoms with Crippen LogP contribution in [0.25, 0.3) is 0 Å². The maximum atomic E-state index is 12.2. The predicted octanol–water partition coefficient (Wildman–Crippen LogP) is 2.11. The Kier molecular flexibility index (Phi) is 5.25. The fraction of sp³-hybridized carbons (Fsp3) is 0.125. The molecule has 2 N–H and O–H groups in total. The third-order valence-corrected chi connectivity index (χ3v) is 4.40. The highest BCUT2D eigenvalue weighted by molar-refractivity contribution is 7.89. The summed E-state index contributed by atoms with van der Waals surface area (Å²) < 4.78 is 26.5. The summed E-state index contributed by atoms with van der Waals surface area (Å²) in [5.74, 6) is -0.0271. The van der Waals surface area contributed by atoms with Crippen molar-refractivity contribution >= 4 is 21.7 Å². The summed E-state index contributed by atoms with van der Waals surface area (Å²) in [6.07, 6.45) is 3.08. The van der Waals surface area contributed by atoms with Crippen molar-refractivity contribution in [3.63, 3.8) is 0 Å². The van der Waals surface area contributed by atoms with E-state index in [0.717, 1.165) is 5.56 Å². The van der Waals surface area contributed by atoms with Crippen LogP contribution < -0.4 is 10.0 Å². The zero-order valence-corrected chi connectivity index (χ0v) is 13.4. The molecule has 1 aromatic carbocycles. The predicted molar refractivity (Wildman–Crippen MR) is 88.8 cm³/mol. The quantitative estimate of drug-likeness (QED) is 0.794. The summed E-state index contributed by atoms with van der Waals surface area (Å²) in [4.78, 5) is 16.3. The van der Waals surface area contributed by atoms with Crippen molar-refractivity contribution < 1.29 is 13.2 Å². The van der Waals surface area contributed by atoms with E-state index >= 15 is 0 Å². The van der Waals surface area contributed by atoms with Crippen molar-refractivity contribution in [3.8, 4) is 0 Å². The Balaban J connectivity index is 2.20. The molecule has 0 aliphatic carbocycles. The van der Waals surface area contributed by atoms with Crippen LogP contribution in [0.1, 0.15) is 15.9 Å². The van der Waals surface area contributed by atoms with Gasteiger partial charge in [-0.2, -0.15) is 0 Å². The number of aromatic nitrogens is 1. The normalized spacial score (nSPS) is 11.0. The zero-order chi connectivity index (χ0) is 16.9. The van der Waals surface area contributed by atoms with Crippen LogP contribution in [0, 0.1) is 6.92 Å². The van der Waals surface area contributed by atoms with Crippen LogP contribution in [0.4, 0.5) is 5.82 Å². The molecule has 0 atom stereocenters. The topological polar surface area (TPSA) is 88.2 Å². The summed E-state index contributed by atoms with van der Waals surface area (Å²) in [5.41, 5.74) is 1.21. The van der Waals surface area contributed by atoms with Gasteiger partial charge in [-0.3, -0.25) is 4.79 Å². The van der Waals surface area contributed by atoms with E-state index in [4.69, 9.17) is 0 Å². The first kappa shape index (κ1) is 16.9. The largest absolute Gasteiger partial charge is 0.307 e. The second-order valence-electron chi connectivity index (χ2n) is 4.84. The molecule has 23 heavy (non-hydrogen) atoms. The molecular weight excluding hydrogens is 314 g/mol. The van der Waals surface area contributed by atoms with Gasteiger partial charge in [0.25, 0.3) is 5.91 Å². The number of rotatable bonds is 6. The van der Waals surface area contributed by atoms with Gasteiger partial charge in [-0.25, -0.2) is 18.1 Å². The number of pyridine rings is 1. The molecule has 1 amide bonds. The summed E-state index contributed by atoms with van der Waals surface area (Å²) in [6.45, 7) is 5.47. The highest BCUT2D eigenvalue weighted by Gasteiger charge is 2.15. The lowest BCUT2D eigenvalue weighted by molar-refractivity contribution is 0.102. The molecule has 2 rings (SSSR count). The van der Waals surface area contributed by atoms with Crippen molar-refractivity contribution in [2.24, 2.45) is 0 Å². The van der Waals surface area contributed by atoms with E-state index in [9.17, 15) is 13.2 Å². The van der Waals surface area contributed by atoms with Gasteiger partial charge in [0.2, 0.25) is 10.0 Å². The highest BCUT2D eigenvalue weighted by Crippen LogP contribution is 2.13. The van der Waals surface area contributed by atoms with Crippen molar-refractivity contribution in [1.29, 1.82) is 0 Å². The van der Waals surface area contributed by atoms with Crippen LogP contribution in [-0.4, -0.2) is 25.9 Å². The Labute approximate surface area is 135 Å². The standard InChI is InChI=1S/C16H17N3O3S/c1-3-9-18-23(21,22)14-6-4-5-13(10-14)16(20)19-15-8-7-12(2)11-17-15/h3-8,10-11,18H,1,9H2,2H3,(H,17,19,20). The number of nitrogens with zero attached hydrogens (tertiary/aromatic N) is 1. The summed E-state index contributed by atoms with van der Waals surface area (Å²) in [6, 6.07) is 9.29. The van der Waals surface area contributed by atoms with E-state index < -0.39 is 15.9 Å². The molecule has 0 radical (unpaired) electrons. The maximum Gasteiger partial charge on any atom is 0.256 e. The molecule has 1 heterocycles. The number of nitrogens with one attached hydrogen (secondary N) is 2. The lowest BCUT2D eigenvalue weighted by Crippen LogP contribution is -2.24. The zero-order valence-electron chi connectivity index (χ0n) is 12.6. The van der Waals surface area contributed by atoms with E-state index in [2.05, 4.69) is 21.6 Å². The van der Waals surface area contributed by atoms with Gasteiger partial charge in [0, 0.05) is 18.3 Å². The molecule has 0 aliphatic rings. The van der Waals surface area contributed by atoms with Crippen LogP contribution >= 0.6 is 0 Å². The second kappa shape index (κ2) is 7.17. The summed E-state index contributed by atoms with van der Waals surface area (Å²) in [5, 5.41) is 2.63. The molecular formula is C16H17N3O3S. The maximum absolute atomic E-state index is 12.2. The van der Waals surface area contributed by atoms with Crippen LogP contribution in [0.15, 0.2) is 60.1 Å². The number of amides is 1. The van der Waals surface area contributed by atoms with Crippen molar-refractivity contribution in [2.75, 3.05) is 11.9 Å². The van der Waals surface area contributed by atoms with E-state index in [-0.39, 0.29) is 17.0 Å². The number of carbonyl (C=O) groups excluding carboxylic acids is 1. The minimum absolute atomic E-state index is 0.0175. The molecule has 6 nitrogen and oxygen atoms in total. The summed E-state index contributed by atoms with van der Waals surface area (Å²) in [7, 11) is -3.67. The minimum Gasteiger partial charge on any atom is -0.307 e. The van der Waals surface area contributed by atoms with Crippen LogP contribution in [0.2, 0.25) is 0 Å². The van der Waals surface area contributed by atoms with Gasteiger partial charge in [0.1, 0.15) is 5.82 Å². The van der Waals surface area contributed by atoms with Crippen molar-refractivity contribution in [2.45, 2.75) is 11.8 Å².